The average molecular weight is 340 g/mol. The number of pyridine rings is 1. The van der Waals surface area contributed by atoms with E-state index >= 15 is 0 Å². The molecule has 0 saturated carbocycles. The van der Waals surface area contributed by atoms with Gasteiger partial charge in [-0.2, -0.15) is 0 Å². The Balaban J connectivity index is 2.34. The number of sulfonamides is 1. The van der Waals surface area contributed by atoms with E-state index in [0.29, 0.717) is 10.4 Å². The van der Waals surface area contributed by atoms with Crippen molar-refractivity contribution in [3.8, 4) is 0 Å². The summed E-state index contributed by atoms with van der Waals surface area (Å²) in [6, 6.07) is 4.01. The van der Waals surface area contributed by atoms with E-state index in [9.17, 15) is 13.2 Å². The van der Waals surface area contributed by atoms with Gasteiger partial charge in [0.2, 0.25) is 10.0 Å². The number of aryl methyl sites for hydroxylation is 2. The number of nitrogens with one attached hydrogen (secondary N) is 1. The number of carbonyl (C=O) groups is 1. The summed E-state index contributed by atoms with van der Waals surface area (Å²) >= 11 is 1.39. The van der Waals surface area contributed by atoms with Crippen molar-refractivity contribution in [2.75, 3.05) is 0 Å². The van der Waals surface area contributed by atoms with E-state index in [0.717, 1.165) is 4.88 Å². The highest BCUT2D eigenvalue weighted by molar-refractivity contribution is 7.89. The van der Waals surface area contributed by atoms with Crippen molar-refractivity contribution in [1.82, 2.24) is 9.71 Å². The molecule has 2 rings (SSSR count). The third-order valence-electron chi connectivity index (χ3n) is 3.05. The van der Waals surface area contributed by atoms with Crippen LogP contribution in [0.25, 0.3) is 0 Å². The quantitative estimate of drug-likeness (QED) is 0.841. The molecule has 118 valence electrons. The van der Waals surface area contributed by atoms with Gasteiger partial charge in [0.05, 0.1) is 17.4 Å². The van der Waals surface area contributed by atoms with Crippen LogP contribution in [-0.2, 0) is 14.8 Å². The summed E-state index contributed by atoms with van der Waals surface area (Å²) in [5, 5.41) is 9.02. The van der Waals surface area contributed by atoms with E-state index in [1.165, 1.54) is 17.5 Å². The van der Waals surface area contributed by atoms with Gasteiger partial charge in [-0.1, -0.05) is 6.07 Å². The molecule has 2 aromatic heterocycles. The van der Waals surface area contributed by atoms with Crippen molar-refractivity contribution in [2.24, 2.45) is 0 Å². The zero-order chi connectivity index (χ0) is 16.3. The number of hydrogen-bond acceptors (Lipinski definition) is 5. The average Bonchev–Trinajstić information content (AvgIpc) is 2.78. The maximum Gasteiger partial charge on any atom is 0.305 e. The third kappa shape index (κ3) is 3.90. The summed E-state index contributed by atoms with van der Waals surface area (Å²) in [6.45, 7) is 3.55. The van der Waals surface area contributed by atoms with Gasteiger partial charge in [-0.15, -0.1) is 11.3 Å². The molecule has 0 aromatic carbocycles. The standard InChI is InChI=1S/C14H16N2O4S2/c1-9-6-13(10(2)21-9)22(19,20)16-12(7-14(17)18)11-4-3-5-15-8-11/h3-6,8,12,16H,7H2,1-2H3,(H,17,18)/t12-/m1/s1. The largest absolute Gasteiger partial charge is 0.481 e. The summed E-state index contributed by atoms with van der Waals surface area (Å²) in [7, 11) is -3.79. The predicted octanol–water partition coefficient (Wildman–Crippen LogP) is 2.25. The number of aliphatic carboxylic acids is 1. The van der Waals surface area contributed by atoms with Crippen LogP contribution in [0.15, 0.2) is 35.5 Å². The Kier molecular flexibility index (Phi) is 4.94. The van der Waals surface area contributed by atoms with Crippen LogP contribution in [0.2, 0.25) is 0 Å². The van der Waals surface area contributed by atoms with Gasteiger partial charge in [-0.25, -0.2) is 13.1 Å². The lowest BCUT2D eigenvalue weighted by Crippen LogP contribution is -2.30. The highest BCUT2D eigenvalue weighted by Crippen LogP contribution is 2.27. The normalized spacial score (nSPS) is 13.0. The minimum Gasteiger partial charge on any atom is -0.481 e. The second-order valence-electron chi connectivity index (χ2n) is 4.84. The molecule has 0 saturated heterocycles. The fraction of sp³-hybridized carbons (Fsp3) is 0.286. The molecular weight excluding hydrogens is 324 g/mol. The molecule has 0 radical (unpaired) electrons. The number of carboxylic acids is 1. The number of aromatic nitrogens is 1. The first-order chi connectivity index (χ1) is 10.3. The van der Waals surface area contributed by atoms with E-state index < -0.39 is 22.0 Å². The molecule has 8 heteroatoms. The monoisotopic (exact) mass is 340 g/mol. The first kappa shape index (κ1) is 16.6. The van der Waals surface area contributed by atoms with Crippen molar-refractivity contribution in [3.05, 3.63) is 45.9 Å². The molecule has 0 aliphatic carbocycles. The molecule has 2 aromatic rings. The minimum atomic E-state index is -3.79. The molecule has 2 heterocycles. The smallest absolute Gasteiger partial charge is 0.305 e. The fourth-order valence-electron chi connectivity index (χ4n) is 2.11. The SMILES string of the molecule is Cc1cc(S(=O)(=O)N[C@H](CC(=O)O)c2cccnc2)c(C)s1. The zero-order valence-electron chi connectivity index (χ0n) is 12.1. The summed E-state index contributed by atoms with van der Waals surface area (Å²) in [6.07, 6.45) is 2.65. The van der Waals surface area contributed by atoms with Crippen LogP contribution in [0.4, 0.5) is 0 Å². The van der Waals surface area contributed by atoms with Gasteiger partial charge in [-0.3, -0.25) is 9.78 Å². The zero-order valence-corrected chi connectivity index (χ0v) is 13.7. The summed E-state index contributed by atoms with van der Waals surface area (Å²) in [5.41, 5.74) is 0.512. The van der Waals surface area contributed by atoms with Crippen molar-refractivity contribution < 1.29 is 18.3 Å². The Bertz CT molecular complexity index is 769. The van der Waals surface area contributed by atoms with E-state index in [1.54, 1.807) is 31.3 Å². The van der Waals surface area contributed by atoms with Crippen molar-refractivity contribution in [3.63, 3.8) is 0 Å². The highest BCUT2D eigenvalue weighted by atomic mass is 32.2. The Morgan fingerprint density at radius 2 is 2.18 bits per heavy atom. The van der Waals surface area contributed by atoms with Crippen molar-refractivity contribution in [1.29, 1.82) is 0 Å². The molecule has 0 aliphatic rings. The molecule has 6 nitrogen and oxygen atoms in total. The van der Waals surface area contributed by atoms with Gasteiger partial charge in [0, 0.05) is 22.1 Å². The lowest BCUT2D eigenvalue weighted by atomic mass is 10.1. The fourth-order valence-corrected chi connectivity index (χ4v) is 4.89. The first-order valence-electron chi connectivity index (χ1n) is 6.50. The lowest BCUT2D eigenvalue weighted by Gasteiger charge is -2.17. The van der Waals surface area contributed by atoms with Crippen LogP contribution in [0, 0.1) is 13.8 Å². The van der Waals surface area contributed by atoms with Crippen molar-refractivity contribution in [2.45, 2.75) is 31.2 Å². The summed E-state index contributed by atoms with van der Waals surface area (Å²) < 4.78 is 27.5. The maximum atomic E-state index is 12.5. The molecule has 0 unspecified atom stereocenters. The second kappa shape index (κ2) is 6.55. The molecule has 1 atom stereocenters. The predicted molar refractivity (Wildman–Crippen MR) is 83.3 cm³/mol. The summed E-state index contributed by atoms with van der Waals surface area (Å²) in [5.74, 6) is -1.09. The Morgan fingerprint density at radius 1 is 1.45 bits per heavy atom. The van der Waals surface area contributed by atoms with E-state index in [1.807, 2.05) is 6.92 Å². The maximum absolute atomic E-state index is 12.5. The van der Waals surface area contributed by atoms with Crippen LogP contribution < -0.4 is 4.72 Å². The first-order valence-corrected chi connectivity index (χ1v) is 8.80. The number of nitrogens with zero attached hydrogens (tertiary/aromatic N) is 1. The molecular formula is C14H16N2O4S2. The molecule has 0 aliphatic heterocycles. The molecule has 0 amide bonds. The van der Waals surface area contributed by atoms with Gasteiger partial charge in [0.25, 0.3) is 0 Å². The van der Waals surface area contributed by atoms with E-state index in [-0.39, 0.29) is 11.3 Å². The molecule has 22 heavy (non-hydrogen) atoms. The van der Waals surface area contributed by atoms with Gasteiger partial charge in [0.15, 0.2) is 0 Å². The molecule has 0 fully saturated rings. The van der Waals surface area contributed by atoms with Gasteiger partial charge in [-0.05, 0) is 31.5 Å². The van der Waals surface area contributed by atoms with E-state index in [4.69, 9.17) is 5.11 Å². The minimum absolute atomic E-state index is 0.189. The van der Waals surface area contributed by atoms with Crippen LogP contribution in [0.3, 0.4) is 0 Å². The number of rotatable bonds is 6. The van der Waals surface area contributed by atoms with Crippen molar-refractivity contribution >= 4 is 27.3 Å². The van der Waals surface area contributed by atoms with Gasteiger partial charge < -0.3 is 5.11 Å². The Morgan fingerprint density at radius 3 is 2.68 bits per heavy atom. The van der Waals surface area contributed by atoms with Crippen LogP contribution in [0.5, 0.6) is 0 Å². The second-order valence-corrected chi connectivity index (χ2v) is 7.98. The third-order valence-corrected chi connectivity index (χ3v) is 5.74. The summed E-state index contributed by atoms with van der Waals surface area (Å²) in [4.78, 5) is 16.7. The number of hydrogen-bond donors (Lipinski definition) is 2. The number of thiophene rings is 1. The Hall–Kier alpha value is -1.77. The number of carboxylic acid groups (broad SMARTS) is 1. The van der Waals surface area contributed by atoms with Gasteiger partial charge in [0.1, 0.15) is 0 Å². The van der Waals surface area contributed by atoms with Crippen LogP contribution in [-0.4, -0.2) is 24.5 Å². The van der Waals surface area contributed by atoms with Gasteiger partial charge >= 0.3 is 5.97 Å². The lowest BCUT2D eigenvalue weighted by molar-refractivity contribution is -0.137. The molecule has 0 spiro atoms. The molecule has 0 bridgehead atoms. The topological polar surface area (TPSA) is 96.4 Å². The Labute approximate surface area is 132 Å². The van der Waals surface area contributed by atoms with Crippen LogP contribution >= 0.6 is 11.3 Å². The molecule has 2 N–H and O–H groups in total. The highest BCUT2D eigenvalue weighted by Gasteiger charge is 2.26. The van der Waals surface area contributed by atoms with Crippen LogP contribution in [0.1, 0.15) is 27.8 Å². The van der Waals surface area contributed by atoms with E-state index in [2.05, 4.69) is 9.71 Å².